The van der Waals surface area contributed by atoms with Gasteiger partial charge in [-0.2, -0.15) is 0 Å². The van der Waals surface area contributed by atoms with Crippen molar-refractivity contribution in [3.05, 3.63) is 65.2 Å². The standard InChI is InChI=1S/C22H29NO2/c1-5-22(24,6-2)20(16-25-15-19-13-8-7-9-14-19)23-21-17(3)11-10-12-18(21)4/h7-14,24H,5-6,15-16H2,1-4H3. The molecular formula is C22H29NO2. The largest absolute Gasteiger partial charge is 0.384 e. The maximum Gasteiger partial charge on any atom is 0.104 e. The highest BCUT2D eigenvalue weighted by Crippen LogP contribution is 2.27. The number of nitrogens with zero attached hydrogens (tertiary/aromatic N) is 1. The summed E-state index contributed by atoms with van der Waals surface area (Å²) in [5, 5.41) is 11.0. The number of aliphatic hydroxyl groups is 1. The van der Waals surface area contributed by atoms with E-state index in [1.807, 2.05) is 76.2 Å². The fourth-order valence-corrected chi connectivity index (χ4v) is 2.89. The lowest BCUT2D eigenvalue weighted by Crippen LogP contribution is -2.40. The van der Waals surface area contributed by atoms with Gasteiger partial charge in [-0.3, -0.25) is 4.99 Å². The maximum absolute atomic E-state index is 11.0. The van der Waals surface area contributed by atoms with Gasteiger partial charge in [-0.15, -0.1) is 0 Å². The predicted octanol–water partition coefficient (Wildman–Crippen LogP) is 5.14. The number of para-hydroxylation sites is 1. The average Bonchev–Trinajstić information content (AvgIpc) is 2.63. The summed E-state index contributed by atoms with van der Waals surface area (Å²) in [6.07, 6.45) is 1.23. The summed E-state index contributed by atoms with van der Waals surface area (Å²) in [5.74, 6) is 0. The zero-order valence-electron chi connectivity index (χ0n) is 15.7. The minimum atomic E-state index is -0.939. The summed E-state index contributed by atoms with van der Waals surface area (Å²) in [4.78, 5) is 4.84. The Bertz CT molecular complexity index is 683. The second-order valence-electron chi connectivity index (χ2n) is 6.52. The van der Waals surface area contributed by atoms with Crippen LogP contribution in [0.25, 0.3) is 0 Å². The van der Waals surface area contributed by atoms with Crippen molar-refractivity contribution in [2.24, 2.45) is 4.99 Å². The monoisotopic (exact) mass is 339 g/mol. The van der Waals surface area contributed by atoms with Crippen LogP contribution in [-0.4, -0.2) is 23.0 Å². The van der Waals surface area contributed by atoms with Crippen LogP contribution >= 0.6 is 0 Å². The van der Waals surface area contributed by atoms with Gasteiger partial charge < -0.3 is 9.84 Å². The second kappa shape index (κ2) is 8.93. The summed E-state index contributed by atoms with van der Waals surface area (Å²) in [7, 11) is 0. The van der Waals surface area contributed by atoms with E-state index in [-0.39, 0.29) is 0 Å². The first kappa shape index (κ1) is 19.4. The summed E-state index contributed by atoms with van der Waals surface area (Å²) in [6, 6.07) is 16.2. The second-order valence-corrected chi connectivity index (χ2v) is 6.52. The van der Waals surface area contributed by atoms with Crippen LogP contribution < -0.4 is 0 Å². The quantitative estimate of drug-likeness (QED) is 0.676. The molecule has 2 aromatic rings. The van der Waals surface area contributed by atoms with E-state index in [4.69, 9.17) is 9.73 Å². The highest BCUT2D eigenvalue weighted by atomic mass is 16.5. The first-order chi connectivity index (χ1) is 12.0. The van der Waals surface area contributed by atoms with Crippen LogP contribution in [0.3, 0.4) is 0 Å². The molecule has 0 unspecified atom stereocenters. The third-order valence-electron chi connectivity index (χ3n) is 4.74. The van der Waals surface area contributed by atoms with Crippen molar-refractivity contribution in [3.8, 4) is 0 Å². The van der Waals surface area contributed by atoms with Gasteiger partial charge in [0.1, 0.15) is 5.60 Å². The molecule has 0 aliphatic heterocycles. The Morgan fingerprint density at radius 3 is 2.12 bits per heavy atom. The van der Waals surface area contributed by atoms with Gasteiger partial charge in [-0.1, -0.05) is 62.4 Å². The third kappa shape index (κ3) is 5.00. The van der Waals surface area contributed by atoms with Crippen molar-refractivity contribution in [1.82, 2.24) is 0 Å². The molecule has 0 saturated heterocycles. The minimum absolute atomic E-state index is 0.320. The molecule has 134 valence electrons. The molecular weight excluding hydrogens is 310 g/mol. The number of aryl methyl sites for hydroxylation is 2. The van der Waals surface area contributed by atoms with Gasteiger partial charge in [-0.05, 0) is 43.4 Å². The Balaban J connectivity index is 2.26. The SMILES string of the molecule is CCC(O)(CC)C(COCc1ccccc1)=Nc1c(C)cccc1C. The molecule has 0 aromatic heterocycles. The number of aliphatic imine (C=N–C) groups is 1. The Hall–Kier alpha value is -1.97. The highest BCUT2D eigenvalue weighted by Gasteiger charge is 2.29. The third-order valence-corrected chi connectivity index (χ3v) is 4.74. The van der Waals surface area contributed by atoms with Gasteiger partial charge in [0, 0.05) is 0 Å². The molecule has 0 aliphatic carbocycles. The van der Waals surface area contributed by atoms with Crippen molar-refractivity contribution in [2.45, 2.75) is 52.7 Å². The van der Waals surface area contributed by atoms with Gasteiger partial charge in [-0.25, -0.2) is 0 Å². The van der Waals surface area contributed by atoms with E-state index in [2.05, 4.69) is 0 Å². The fourth-order valence-electron chi connectivity index (χ4n) is 2.89. The number of rotatable bonds is 8. The molecule has 0 saturated carbocycles. The van der Waals surface area contributed by atoms with E-state index in [9.17, 15) is 5.11 Å². The first-order valence-corrected chi connectivity index (χ1v) is 8.98. The molecule has 2 aromatic carbocycles. The molecule has 3 nitrogen and oxygen atoms in total. The summed E-state index contributed by atoms with van der Waals surface area (Å²) in [6.45, 7) is 8.90. The topological polar surface area (TPSA) is 41.8 Å². The van der Waals surface area contributed by atoms with Gasteiger partial charge in [0.05, 0.1) is 24.6 Å². The molecule has 0 fully saturated rings. The Morgan fingerprint density at radius 2 is 1.56 bits per heavy atom. The molecule has 0 radical (unpaired) electrons. The van der Waals surface area contributed by atoms with E-state index in [0.29, 0.717) is 31.8 Å². The average molecular weight is 339 g/mol. The fraction of sp³-hybridized carbons (Fsp3) is 0.409. The summed E-state index contributed by atoms with van der Waals surface area (Å²) < 4.78 is 5.89. The summed E-state index contributed by atoms with van der Waals surface area (Å²) >= 11 is 0. The lowest BCUT2D eigenvalue weighted by atomic mass is 9.91. The minimum Gasteiger partial charge on any atom is -0.384 e. The highest BCUT2D eigenvalue weighted by molar-refractivity contribution is 5.95. The molecule has 0 amide bonds. The molecule has 3 heteroatoms. The van der Waals surface area contributed by atoms with Crippen molar-refractivity contribution in [3.63, 3.8) is 0 Å². The zero-order valence-corrected chi connectivity index (χ0v) is 15.7. The van der Waals surface area contributed by atoms with Gasteiger partial charge >= 0.3 is 0 Å². The van der Waals surface area contributed by atoms with Crippen LogP contribution in [0.15, 0.2) is 53.5 Å². The number of hydrogen-bond donors (Lipinski definition) is 1. The van der Waals surface area contributed by atoms with Crippen LogP contribution in [-0.2, 0) is 11.3 Å². The molecule has 2 rings (SSSR count). The van der Waals surface area contributed by atoms with Crippen molar-refractivity contribution in [2.75, 3.05) is 6.61 Å². The Kier molecular flexibility index (Phi) is 6.91. The van der Waals surface area contributed by atoms with Gasteiger partial charge in [0.2, 0.25) is 0 Å². The molecule has 0 spiro atoms. The van der Waals surface area contributed by atoms with E-state index in [1.54, 1.807) is 0 Å². The van der Waals surface area contributed by atoms with Crippen molar-refractivity contribution < 1.29 is 9.84 Å². The zero-order chi connectivity index (χ0) is 18.3. The van der Waals surface area contributed by atoms with Crippen LogP contribution in [0.5, 0.6) is 0 Å². The van der Waals surface area contributed by atoms with Crippen molar-refractivity contribution >= 4 is 11.4 Å². The number of ether oxygens (including phenoxy) is 1. The molecule has 25 heavy (non-hydrogen) atoms. The summed E-state index contributed by atoms with van der Waals surface area (Å²) in [5.41, 5.74) is 4.02. The van der Waals surface area contributed by atoms with E-state index < -0.39 is 5.60 Å². The van der Waals surface area contributed by atoms with Crippen molar-refractivity contribution in [1.29, 1.82) is 0 Å². The number of benzene rings is 2. The van der Waals surface area contributed by atoms with Crippen LogP contribution in [0.1, 0.15) is 43.4 Å². The smallest absolute Gasteiger partial charge is 0.104 e. The normalized spacial score (nSPS) is 12.4. The molecule has 0 aliphatic rings. The Labute approximate surface area is 151 Å². The molecule has 0 atom stereocenters. The van der Waals surface area contributed by atoms with E-state index in [0.717, 1.165) is 22.4 Å². The number of hydrogen-bond acceptors (Lipinski definition) is 3. The predicted molar refractivity (Wildman–Crippen MR) is 105 cm³/mol. The first-order valence-electron chi connectivity index (χ1n) is 8.98. The maximum atomic E-state index is 11.0. The van der Waals surface area contributed by atoms with Crippen LogP contribution in [0.2, 0.25) is 0 Å². The van der Waals surface area contributed by atoms with Crippen LogP contribution in [0, 0.1) is 13.8 Å². The lowest BCUT2D eigenvalue weighted by Gasteiger charge is -2.28. The van der Waals surface area contributed by atoms with Gasteiger partial charge in [0.25, 0.3) is 0 Å². The van der Waals surface area contributed by atoms with E-state index in [1.165, 1.54) is 0 Å². The molecule has 0 heterocycles. The van der Waals surface area contributed by atoms with Gasteiger partial charge in [0.15, 0.2) is 0 Å². The lowest BCUT2D eigenvalue weighted by molar-refractivity contribution is 0.0844. The molecule has 1 N–H and O–H groups in total. The Morgan fingerprint density at radius 1 is 0.960 bits per heavy atom. The van der Waals surface area contributed by atoms with Crippen LogP contribution in [0.4, 0.5) is 5.69 Å². The molecule has 0 bridgehead atoms. The van der Waals surface area contributed by atoms with E-state index >= 15 is 0 Å².